The smallest absolute Gasteiger partial charge is 0.0342 e. The zero-order valence-corrected chi connectivity index (χ0v) is 11.8. The van der Waals surface area contributed by atoms with Gasteiger partial charge in [-0.05, 0) is 37.1 Å². The quantitative estimate of drug-likeness (QED) is 0.778. The normalized spacial score (nSPS) is 9.61. The van der Waals surface area contributed by atoms with Crippen molar-refractivity contribution >= 4 is 5.69 Å². The lowest BCUT2D eigenvalue weighted by molar-refractivity contribution is 0.900. The minimum Gasteiger partial charge on any atom is -0.383 e. The first-order valence-corrected chi connectivity index (χ1v) is 6.68. The van der Waals surface area contributed by atoms with Gasteiger partial charge in [0.25, 0.3) is 0 Å². The van der Waals surface area contributed by atoms with Crippen LogP contribution in [0, 0.1) is 0 Å². The fraction of sp³-hybridized carbons (Fsp3) is 0.294. The molecule has 0 aliphatic rings. The summed E-state index contributed by atoms with van der Waals surface area (Å²) in [5.41, 5.74) is 3.70. The molecule has 96 valence electrons. The van der Waals surface area contributed by atoms with E-state index in [0.717, 1.165) is 0 Å². The molecule has 0 aromatic heterocycles. The Kier molecular flexibility index (Phi) is 5.99. The van der Waals surface area contributed by atoms with Crippen LogP contribution in [0.3, 0.4) is 0 Å². The Bertz CT molecular complexity index is 429. The van der Waals surface area contributed by atoms with Crippen molar-refractivity contribution < 1.29 is 0 Å². The van der Waals surface area contributed by atoms with Gasteiger partial charge in [-0.1, -0.05) is 56.3 Å². The fourth-order valence-electron chi connectivity index (χ4n) is 1.72. The third-order valence-electron chi connectivity index (χ3n) is 2.45. The summed E-state index contributed by atoms with van der Waals surface area (Å²) in [5, 5.41) is 3.38. The first-order valence-electron chi connectivity index (χ1n) is 6.68. The number of rotatable bonds is 3. The van der Waals surface area contributed by atoms with Crippen LogP contribution in [0.2, 0.25) is 0 Å². The maximum atomic E-state index is 3.38. The largest absolute Gasteiger partial charge is 0.383 e. The van der Waals surface area contributed by atoms with Crippen molar-refractivity contribution in [2.45, 2.75) is 33.7 Å². The van der Waals surface area contributed by atoms with Crippen LogP contribution in [0.15, 0.2) is 54.6 Å². The fourth-order valence-corrected chi connectivity index (χ4v) is 1.72. The van der Waals surface area contributed by atoms with Crippen LogP contribution in [0.4, 0.5) is 5.69 Å². The monoisotopic (exact) mass is 241 g/mol. The van der Waals surface area contributed by atoms with Crippen LogP contribution >= 0.6 is 0 Å². The summed E-state index contributed by atoms with van der Waals surface area (Å²) in [6.45, 7) is 8.29. The Balaban J connectivity index is 0.000000771. The number of hydrogen-bond acceptors (Lipinski definition) is 1. The molecule has 0 heterocycles. The molecule has 1 nitrogen and oxygen atoms in total. The lowest BCUT2D eigenvalue weighted by Crippen LogP contribution is -2.09. The van der Waals surface area contributed by atoms with Crippen LogP contribution in [-0.4, -0.2) is 6.04 Å². The standard InChI is InChI=1S/C15H17N.C2H6/c1-12(2)16-15-10-8-14(9-11-15)13-6-4-3-5-7-13;1-2/h3-12,16H,1-2H3;1-2H3. The van der Waals surface area contributed by atoms with E-state index < -0.39 is 0 Å². The van der Waals surface area contributed by atoms with Crippen molar-refractivity contribution in [1.29, 1.82) is 0 Å². The molecule has 1 N–H and O–H groups in total. The molecule has 0 saturated heterocycles. The van der Waals surface area contributed by atoms with Crippen LogP contribution in [0.1, 0.15) is 27.7 Å². The van der Waals surface area contributed by atoms with E-state index in [4.69, 9.17) is 0 Å². The average Bonchev–Trinajstić information content (AvgIpc) is 2.42. The van der Waals surface area contributed by atoms with Gasteiger partial charge in [0.1, 0.15) is 0 Å². The molecule has 2 rings (SSSR count). The SMILES string of the molecule is CC.CC(C)Nc1ccc(-c2ccccc2)cc1. The van der Waals surface area contributed by atoms with Crippen LogP contribution in [-0.2, 0) is 0 Å². The first kappa shape index (κ1) is 14.3. The zero-order chi connectivity index (χ0) is 13.4. The second kappa shape index (κ2) is 7.54. The van der Waals surface area contributed by atoms with Gasteiger partial charge < -0.3 is 5.32 Å². The Morgan fingerprint density at radius 1 is 0.722 bits per heavy atom. The molecule has 0 aliphatic heterocycles. The number of hydrogen-bond donors (Lipinski definition) is 1. The highest BCUT2D eigenvalue weighted by atomic mass is 14.9. The predicted molar refractivity (Wildman–Crippen MR) is 82.0 cm³/mol. The van der Waals surface area contributed by atoms with Crippen molar-refractivity contribution in [2.75, 3.05) is 5.32 Å². The summed E-state index contributed by atoms with van der Waals surface area (Å²) >= 11 is 0. The Morgan fingerprint density at radius 2 is 1.22 bits per heavy atom. The van der Waals surface area contributed by atoms with Gasteiger partial charge in [-0.25, -0.2) is 0 Å². The molecule has 1 heteroatoms. The molecule has 0 bridgehead atoms. The Hall–Kier alpha value is -1.76. The van der Waals surface area contributed by atoms with Gasteiger partial charge in [-0.3, -0.25) is 0 Å². The van der Waals surface area contributed by atoms with E-state index >= 15 is 0 Å². The third-order valence-corrected chi connectivity index (χ3v) is 2.45. The van der Waals surface area contributed by atoms with E-state index in [0.29, 0.717) is 6.04 Å². The summed E-state index contributed by atoms with van der Waals surface area (Å²) in [7, 11) is 0. The highest BCUT2D eigenvalue weighted by Crippen LogP contribution is 2.21. The number of nitrogens with one attached hydrogen (secondary N) is 1. The lowest BCUT2D eigenvalue weighted by atomic mass is 10.1. The maximum Gasteiger partial charge on any atom is 0.0342 e. The molecule has 0 aliphatic carbocycles. The van der Waals surface area contributed by atoms with Crippen LogP contribution in [0.5, 0.6) is 0 Å². The molecule has 18 heavy (non-hydrogen) atoms. The molecular weight excluding hydrogens is 218 g/mol. The first-order chi connectivity index (χ1) is 8.75. The van der Waals surface area contributed by atoms with E-state index in [1.54, 1.807) is 0 Å². The number of anilines is 1. The molecule has 2 aromatic rings. The Morgan fingerprint density at radius 3 is 1.72 bits per heavy atom. The minimum absolute atomic E-state index is 0.475. The summed E-state index contributed by atoms with van der Waals surface area (Å²) in [5.74, 6) is 0. The van der Waals surface area contributed by atoms with E-state index in [1.165, 1.54) is 16.8 Å². The van der Waals surface area contributed by atoms with Gasteiger partial charge in [0.05, 0.1) is 0 Å². The molecule has 0 spiro atoms. The zero-order valence-electron chi connectivity index (χ0n) is 11.8. The van der Waals surface area contributed by atoms with Gasteiger partial charge in [0, 0.05) is 11.7 Å². The third kappa shape index (κ3) is 4.25. The lowest BCUT2D eigenvalue weighted by Gasteiger charge is -2.10. The maximum absolute atomic E-state index is 3.38. The second-order valence-corrected chi connectivity index (χ2v) is 4.24. The van der Waals surface area contributed by atoms with E-state index in [-0.39, 0.29) is 0 Å². The van der Waals surface area contributed by atoms with Crippen molar-refractivity contribution in [1.82, 2.24) is 0 Å². The minimum atomic E-state index is 0.475. The Labute approximate surface area is 111 Å². The van der Waals surface area contributed by atoms with Crippen LogP contribution < -0.4 is 5.32 Å². The van der Waals surface area contributed by atoms with Crippen molar-refractivity contribution in [3.8, 4) is 11.1 Å². The average molecular weight is 241 g/mol. The topological polar surface area (TPSA) is 12.0 Å². The highest BCUT2D eigenvalue weighted by molar-refractivity contribution is 5.65. The van der Waals surface area contributed by atoms with Gasteiger partial charge in [-0.15, -0.1) is 0 Å². The molecule has 0 fully saturated rings. The number of benzene rings is 2. The molecule has 0 saturated carbocycles. The summed E-state index contributed by atoms with van der Waals surface area (Å²) in [4.78, 5) is 0. The molecule has 0 unspecified atom stereocenters. The summed E-state index contributed by atoms with van der Waals surface area (Å²) < 4.78 is 0. The van der Waals surface area contributed by atoms with E-state index in [2.05, 4.69) is 67.7 Å². The van der Waals surface area contributed by atoms with Gasteiger partial charge in [-0.2, -0.15) is 0 Å². The summed E-state index contributed by atoms with van der Waals surface area (Å²) in [6.07, 6.45) is 0. The van der Waals surface area contributed by atoms with Crippen molar-refractivity contribution in [2.24, 2.45) is 0 Å². The highest BCUT2D eigenvalue weighted by Gasteiger charge is 1.97. The summed E-state index contributed by atoms with van der Waals surface area (Å²) in [6, 6.07) is 19.5. The van der Waals surface area contributed by atoms with E-state index in [9.17, 15) is 0 Å². The molecular formula is C17H23N. The molecule has 0 amide bonds. The van der Waals surface area contributed by atoms with Crippen molar-refractivity contribution in [3.05, 3.63) is 54.6 Å². The molecule has 2 aromatic carbocycles. The predicted octanol–water partition coefficient (Wildman–Crippen LogP) is 5.20. The van der Waals surface area contributed by atoms with Gasteiger partial charge >= 0.3 is 0 Å². The molecule has 0 radical (unpaired) electrons. The second-order valence-electron chi connectivity index (χ2n) is 4.24. The van der Waals surface area contributed by atoms with Gasteiger partial charge in [0.2, 0.25) is 0 Å². The van der Waals surface area contributed by atoms with E-state index in [1.807, 2.05) is 19.9 Å². The molecule has 0 atom stereocenters. The van der Waals surface area contributed by atoms with Crippen LogP contribution in [0.25, 0.3) is 11.1 Å². The van der Waals surface area contributed by atoms with Gasteiger partial charge in [0.15, 0.2) is 0 Å². The van der Waals surface area contributed by atoms with Crippen molar-refractivity contribution in [3.63, 3.8) is 0 Å².